The molecule has 1 aromatic rings. The Labute approximate surface area is 125 Å². The van der Waals surface area contributed by atoms with Crippen LogP contribution in [0.25, 0.3) is 0 Å². The Hall–Kier alpha value is -2.10. The van der Waals surface area contributed by atoms with E-state index >= 15 is 0 Å². The number of hydrogen-bond acceptors (Lipinski definition) is 2. The van der Waals surface area contributed by atoms with Crippen LogP contribution in [0, 0.1) is 6.92 Å². The Bertz CT molecular complexity index is 549. The minimum Gasteiger partial charge on any atom is -0.383 e. The van der Waals surface area contributed by atoms with Gasteiger partial charge in [-0.3, -0.25) is 0 Å². The molecule has 0 spiro atoms. The van der Waals surface area contributed by atoms with Crippen molar-refractivity contribution in [2.45, 2.75) is 19.8 Å². The van der Waals surface area contributed by atoms with Gasteiger partial charge in [-0.2, -0.15) is 0 Å². The molecular weight excluding hydrogens is 270 g/mol. The number of aryl methyl sites for hydroxylation is 1. The Morgan fingerprint density at radius 3 is 2.14 bits per heavy atom. The molecule has 4 heteroatoms. The fraction of sp³-hybridized carbons (Fsp3) is 0.294. The number of benzene rings is 1. The highest BCUT2D eigenvalue weighted by atomic mass is 19.3. The van der Waals surface area contributed by atoms with E-state index in [1.54, 1.807) is 25.2 Å². The highest BCUT2D eigenvalue weighted by molar-refractivity contribution is 5.58. The van der Waals surface area contributed by atoms with Crippen LogP contribution < -0.4 is 5.32 Å². The minimum absolute atomic E-state index is 0.263. The SMILES string of the molecule is C=C(Nc1ccc(C)cc1)/C(=C/N(C)C)C(=C)C(C)(F)F. The molecule has 0 unspecified atom stereocenters. The standard InChI is InChI=1S/C17H22F2N2/c1-12-7-9-15(10-8-12)20-14(3)16(11-21(5)6)13(2)17(4,18)19/h7-11,20H,2-3H2,1,4-6H3/b16-11+. The number of nitrogens with zero attached hydrogens (tertiary/aromatic N) is 1. The summed E-state index contributed by atoms with van der Waals surface area (Å²) in [5.41, 5.74) is 2.34. The van der Waals surface area contributed by atoms with Gasteiger partial charge in [0.15, 0.2) is 0 Å². The molecule has 0 aliphatic rings. The lowest BCUT2D eigenvalue weighted by Gasteiger charge is -2.22. The molecule has 1 rings (SSSR count). The molecule has 0 aliphatic heterocycles. The number of rotatable bonds is 6. The van der Waals surface area contributed by atoms with Gasteiger partial charge in [-0.25, -0.2) is 8.78 Å². The lowest BCUT2D eigenvalue weighted by Crippen LogP contribution is -2.19. The summed E-state index contributed by atoms with van der Waals surface area (Å²) in [6.45, 7) is 10.2. The van der Waals surface area contributed by atoms with E-state index in [2.05, 4.69) is 18.5 Å². The summed E-state index contributed by atoms with van der Waals surface area (Å²) >= 11 is 0. The smallest absolute Gasteiger partial charge is 0.270 e. The topological polar surface area (TPSA) is 15.3 Å². The van der Waals surface area contributed by atoms with Gasteiger partial charge in [0.05, 0.1) is 0 Å². The average Bonchev–Trinajstić information content (AvgIpc) is 2.36. The second kappa shape index (κ2) is 6.57. The van der Waals surface area contributed by atoms with E-state index < -0.39 is 5.92 Å². The zero-order valence-electron chi connectivity index (χ0n) is 13.0. The number of anilines is 1. The lowest BCUT2D eigenvalue weighted by molar-refractivity contribution is 0.0666. The van der Waals surface area contributed by atoms with Crippen molar-refractivity contribution in [2.75, 3.05) is 19.4 Å². The summed E-state index contributed by atoms with van der Waals surface area (Å²) in [6.07, 6.45) is 1.59. The monoisotopic (exact) mass is 292 g/mol. The van der Waals surface area contributed by atoms with Gasteiger partial charge in [-0.15, -0.1) is 0 Å². The summed E-state index contributed by atoms with van der Waals surface area (Å²) in [5.74, 6) is -3.00. The Morgan fingerprint density at radius 2 is 1.71 bits per heavy atom. The largest absolute Gasteiger partial charge is 0.383 e. The van der Waals surface area contributed by atoms with Crippen molar-refractivity contribution < 1.29 is 8.78 Å². The molecule has 0 atom stereocenters. The summed E-state index contributed by atoms with van der Waals surface area (Å²) in [6, 6.07) is 7.63. The highest BCUT2D eigenvalue weighted by Gasteiger charge is 2.29. The van der Waals surface area contributed by atoms with Crippen LogP contribution in [0.2, 0.25) is 0 Å². The van der Waals surface area contributed by atoms with E-state index in [9.17, 15) is 8.78 Å². The molecule has 1 aromatic carbocycles. The molecule has 114 valence electrons. The second-order valence-electron chi connectivity index (χ2n) is 5.34. The van der Waals surface area contributed by atoms with Crippen molar-refractivity contribution in [1.29, 1.82) is 0 Å². The van der Waals surface area contributed by atoms with Gasteiger partial charge in [0, 0.05) is 49.7 Å². The molecule has 0 bridgehead atoms. The van der Waals surface area contributed by atoms with Crippen molar-refractivity contribution in [3.8, 4) is 0 Å². The first-order valence-electron chi connectivity index (χ1n) is 6.60. The third kappa shape index (κ3) is 5.06. The molecule has 0 aromatic heterocycles. The van der Waals surface area contributed by atoms with Crippen LogP contribution in [-0.2, 0) is 0 Å². The summed E-state index contributed by atoms with van der Waals surface area (Å²) < 4.78 is 27.1. The molecule has 2 nitrogen and oxygen atoms in total. The van der Waals surface area contributed by atoms with E-state index in [1.807, 2.05) is 31.2 Å². The fourth-order valence-corrected chi connectivity index (χ4v) is 1.71. The minimum atomic E-state index is -3.00. The van der Waals surface area contributed by atoms with Crippen LogP contribution >= 0.6 is 0 Å². The van der Waals surface area contributed by atoms with Crippen molar-refractivity contribution in [3.63, 3.8) is 0 Å². The predicted octanol–water partition coefficient (Wildman–Crippen LogP) is 4.58. The number of allylic oxidation sites excluding steroid dienone is 1. The molecule has 0 fully saturated rings. The predicted molar refractivity (Wildman–Crippen MR) is 85.5 cm³/mol. The van der Waals surface area contributed by atoms with Crippen molar-refractivity contribution >= 4 is 5.69 Å². The Kier molecular flexibility index (Phi) is 5.30. The van der Waals surface area contributed by atoms with Gasteiger partial charge in [0.25, 0.3) is 5.92 Å². The molecule has 0 saturated heterocycles. The number of hydrogen-bond donors (Lipinski definition) is 1. The first-order chi connectivity index (χ1) is 9.61. The van der Waals surface area contributed by atoms with E-state index in [0.29, 0.717) is 11.3 Å². The zero-order chi connectivity index (χ0) is 16.2. The Balaban J connectivity index is 3.02. The van der Waals surface area contributed by atoms with Crippen LogP contribution in [0.4, 0.5) is 14.5 Å². The van der Waals surface area contributed by atoms with E-state index in [-0.39, 0.29) is 5.57 Å². The molecule has 1 N–H and O–H groups in total. The number of alkyl halides is 2. The van der Waals surface area contributed by atoms with Crippen LogP contribution in [0.3, 0.4) is 0 Å². The summed E-state index contributed by atoms with van der Waals surface area (Å²) in [5, 5.41) is 3.04. The first-order valence-corrected chi connectivity index (χ1v) is 6.60. The average molecular weight is 292 g/mol. The van der Waals surface area contributed by atoms with Crippen LogP contribution in [0.1, 0.15) is 12.5 Å². The van der Waals surface area contributed by atoms with E-state index in [0.717, 1.165) is 18.2 Å². The van der Waals surface area contributed by atoms with Crippen molar-refractivity contribution in [1.82, 2.24) is 4.90 Å². The maximum atomic E-state index is 13.5. The van der Waals surface area contributed by atoms with Gasteiger partial charge < -0.3 is 10.2 Å². The molecule has 0 saturated carbocycles. The number of nitrogens with one attached hydrogen (secondary N) is 1. The van der Waals surface area contributed by atoms with E-state index in [4.69, 9.17) is 0 Å². The van der Waals surface area contributed by atoms with Gasteiger partial charge in [-0.05, 0) is 19.1 Å². The van der Waals surface area contributed by atoms with Gasteiger partial charge in [-0.1, -0.05) is 30.9 Å². The maximum absolute atomic E-state index is 13.5. The molecule has 0 radical (unpaired) electrons. The zero-order valence-corrected chi connectivity index (χ0v) is 13.0. The maximum Gasteiger partial charge on any atom is 0.270 e. The third-order valence-electron chi connectivity index (χ3n) is 2.91. The highest BCUT2D eigenvalue weighted by Crippen LogP contribution is 2.31. The third-order valence-corrected chi connectivity index (χ3v) is 2.91. The molecule has 0 amide bonds. The van der Waals surface area contributed by atoms with E-state index in [1.165, 1.54) is 0 Å². The second-order valence-corrected chi connectivity index (χ2v) is 5.34. The Morgan fingerprint density at radius 1 is 1.19 bits per heavy atom. The van der Waals surface area contributed by atoms with Gasteiger partial charge >= 0.3 is 0 Å². The first kappa shape index (κ1) is 17.0. The molecule has 0 aliphatic carbocycles. The molecule has 0 heterocycles. The molecule has 21 heavy (non-hydrogen) atoms. The quantitative estimate of drug-likeness (QED) is 0.772. The normalized spacial score (nSPS) is 12.0. The number of halogens is 2. The molecular formula is C17H22F2N2. The van der Waals surface area contributed by atoms with Crippen LogP contribution in [-0.4, -0.2) is 24.9 Å². The van der Waals surface area contributed by atoms with Gasteiger partial charge in [0.1, 0.15) is 0 Å². The van der Waals surface area contributed by atoms with Crippen LogP contribution in [0.15, 0.2) is 60.5 Å². The summed E-state index contributed by atoms with van der Waals surface area (Å²) in [7, 11) is 3.53. The van der Waals surface area contributed by atoms with Gasteiger partial charge in [0.2, 0.25) is 0 Å². The van der Waals surface area contributed by atoms with Crippen molar-refractivity contribution in [2.24, 2.45) is 0 Å². The van der Waals surface area contributed by atoms with Crippen molar-refractivity contribution in [3.05, 3.63) is 66.0 Å². The summed E-state index contributed by atoms with van der Waals surface area (Å²) in [4.78, 5) is 1.69. The van der Waals surface area contributed by atoms with Crippen LogP contribution in [0.5, 0.6) is 0 Å². The fourth-order valence-electron chi connectivity index (χ4n) is 1.71. The lowest BCUT2D eigenvalue weighted by atomic mass is 10.0.